The molecule has 1 aliphatic rings. The van der Waals surface area contributed by atoms with Crippen molar-refractivity contribution in [1.82, 2.24) is 5.32 Å². The van der Waals surface area contributed by atoms with E-state index in [1.165, 1.54) is 11.3 Å². The second-order valence-corrected chi connectivity index (χ2v) is 6.38. The summed E-state index contributed by atoms with van der Waals surface area (Å²) in [5.74, 6) is 0.0991. The van der Waals surface area contributed by atoms with E-state index in [4.69, 9.17) is 17.3 Å². The number of halogens is 2. The van der Waals surface area contributed by atoms with Gasteiger partial charge < -0.3 is 11.1 Å². The zero-order valence-corrected chi connectivity index (χ0v) is 12.5. The number of carbonyl (C=O) groups excluding carboxylic acids is 1. The van der Waals surface area contributed by atoms with Crippen LogP contribution in [0.3, 0.4) is 0 Å². The molecule has 0 saturated heterocycles. The van der Waals surface area contributed by atoms with Crippen molar-refractivity contribution in [2.45, 2.75) is 32.2 Å². The summed E-state index contributed by atoms with van der Waals surface area (Å²) in [6.45, 7) is 1.00. The van der Waals surface area contributed by atoms with Crippen molar-refractivity contribution < 1.29 is 4.79 Å². The average Bonchev–Trinajstić information content (AvgIpc) is 2.95. The van der Waals surface area contributed by atoms with Gasteiger partial charge in [0.2, 0.25) is 5.91 Å². The smallest absolute Gasteiger partial charge is 0.227 e. The van der Waals surface area contributed by atoms with Crippen molar-refractivity contribution in [3.8, 4) is 0 Å². The van der Waals surface area contributed by atoms with Gasteiger partial charge in [-0.15, -0.1) is 23.7 Å². The van der Waals surface area contributed by atoms with E-state index in [0.29, 0.717) is 13.1 Å². The molecule has 1 heterocycles. The van der Waals surface area contributed by atoms with Gasteiger partial charge in [-0.1, -0.05) is 24.4 Å². The van der Waals surface area contributed by atoms with Gasteiger partial charge >= 0.3 is 0 Å². The van der Waals surface area contributed by atoms with E-state index in [9.17, 15) is 4.79 Å². The standard InChI is InChI=1S/C12H17ClN2OS.ClH/c13-10-4-3-9(17-10)7-15-11(16)12(8-14)5-1-2-6-12;/h3-4H,1-2,5-8,14H2,(H,15,16);1H. The Hall–Kier alpha value is -0.290. The summed E-state index contributed by atoms with van der Waals surface area (Å²) in [5.41, 5.74) is 5.45. The molecular formula is C12H18Cl2N2OS. The summed E-state index contributed by atoms with van der Waals surface area (Å²) in [6, 6.07) is 3.79. The van der Waals surface area contributed by atoms with Crippen LogP contribution in [0, 0.1) is 5.41 Å². The van der Waals surface area contributed by atoms with Crippen molar-refractivity contribution in [3.05, 3.63) is 21.3 Å². The Morgan fingerprint density at radius 2 is 2.11 bits per heavy atom. The molecule has 3 nitrogen and oxygen atoms in total. The normalized spacial score (nSPS) is 17.2. The molecule has 1 amide bonds. The second-order valence-electron chi connectivity index (χ2n) is 4.58. The lowest BCUT2D eigenvalue weighted by Crippen LogP contribution is -2.43. The molecule has 0 spiro atoms. The van der Waals surface area contributed by atoms with Crippen molar-refractivity contribution in [3.63, 3.8) is 0 Å². The van der Waals surface area contributed by atoms with E-state index in [0.717, 1.165) is 34.9 Å². The minimum atomic E-state index is -0.318. The third kappa shape index (κ3) is 3.38. The van der Waals surface area contributed by atoms with Gasteiger partial charge in [0.25, 0.3) is 0 Å². The molecule has 0 aromatic carbocycles. The molecule has 0 aliphatic heterocycles. The fourth-order valence-electron chi connectivity index (χ4n) is 2.38. The molecule has 1 saturated carbocycles. The van der Waals surface area contributed by atoms with Crippen LogP contribution in [0.5, 0.6) is 0 Å². The molecule has 102 valence electrons. The molecule has 2 rings (SSSR count). The molecule has 0 atom stereocenters. The summed E-state index contributed by atoms with van der Waals surface area (Å²) in [6.07, 6.45) is 4.05. The summed E-state index contributed by atoms with van der Waals surface area (Å²) in [5, 5.41) is 2.98. The predicted octanol–water partition coefficient (Wildman–Crippen LogP) is 2.96. The molecular weight excluding hydrogens is 291 g/mol. The van der Waals surface area contributed by atoms with Crippen LogP contribution in [0.2, 0.25) is 4.34 Å². The van der Waals surface area contributed by atoms with E-state index >= 15 is 0 Å². The number of nitrogens with two attached hydrogens (primary N) is 1. The number of hydrogen-bond donors (Lipinski definition) is 2. The Bertz CT molecular complexity index is 403. The van der Waals surface area contributed by atoms with Gasteiger partial charge in [0.05, 0.1) is 16.3 Å². The zero-order chi connectivity index (χ0) is 12.3. The van der Waals surface area contributed by atoms with Gasteiger partial charge in [-0.25, -0.2) is 0 Å². The third-order valence-electron chi connectivity index (χ3n) is 3.49. The van der Waals surface area contributed by atoms with Crippen LogP contribution in [0.4, 0.5) is 0 Å². The van der Waals surface area contributed by atoms with Crippen LogP contribution in [0.1, 0.15) is 30.6 Å². The number of thiophene rings is 1. The van der Waals surface area contributed by atoms with Crippen LogP contribution in [0.25, 0.3) is 0 Å². The molecule has 18 heavy (non-hydrogen) atoms. The first-order valence-electron chi connectivity index (χ1n) is 5.89. The highest BCUT2D eigenvalue weighted by Crippen LogP contribution is 2.37. The number of carbonyl (C=O) groups is 1. The lowest BCUT2D eigenvalue weighted by molar-refractivity contribution is -0.130. The third-order valence-corrected chi connectivity index (χ3v) is 4.72. The lowest BCUT2D eigenvalue weighted by Gasteiger charge is -2.25. The van der Waals surface area contributed by atoms with Gasteiger partial charge in [0.15, 0.2) is 0 Å². The van der Waals surface area contributed by atoms with Crippen LogP contribution >= 0.6 is 35.3 Å². The summed E-state index contributed by atoms with van der Waals surface area (Å²) in [7, 11) is 0. The Morgan fingerprint density at radius 1 is 1.44 bits per heavy atom. The molecule has 6 heteroatoms. The quantitative estimate of drug-likeness (QED) is 0.898. The zero-order valence-electron chi connectivity index (χ0n) is 10.1. The molecule has 0 unspecified atom stereocenters. The fraction of sp³-hybridized carbons (Fsp3) is 0.583. The highest BCUT2D eigenvalue weighted by Gasteiger charge is 2.39. The number of hydrogen-bond acceptors (Lipinski definition) is 3. The topological polar surface area (TPSA) is 55.1 Å². The fourth-order valence-corrected chi connectivity index (χ4v) is 3.40. The Labute approximate surface area is 122 Å². The van der Waals surface area contributed by atoms with Crippen molar-refractivity contribution in [2.75, 3.05) is 6.54 Å². The van der Waals surface area contributed by atoms with E-state index in [-0.39, 0.29) is 23.7 Å². The molecule has 1 aromatic rings. The van der Waals surface area contributed by atoms with E-state index in [2.05, 4.69) is 5.32 Å². The molecule has 0 bridgehead atoms. The van der Waals surface area contributed by atoms with Crippen molar-refractivity contribution in [2.24, 2.45) is 11.1 Å². The molecule has 1 fully saturated rings. The highest BCUT2D eigenvalue weighted by molar-refractivity contribution is 7.16. The maximum absolute atomic E-state index is 12.2. The molecule has 1 aliphatic carbocycles. The summed E-state index contributed by atoms with van der Waals surface area (Å²) >= 11 is 7.34. The predicted molar refractivity (Wildman–Crippen MR) is 78.4 cm³/mol. The maximum Gasteiger partial charge on any atom is 0.227 e. The van der Waals surface area contributed by atoms with Gasteiger partial charge in [-0.2, -0.15) is 0 Å². The molecule has 0 radical (unpaired) electrons. The number of amides is 1. The van der Waals surface area contributed by atoms with Gasteiger partial charge in [0, 0.05) is 11.4 Å². The summed E-state index contributed by atoms with van der Waals surface area (Å²) in [4.78, 5) is 13.2. The molecule has 1 aromatic heterocycles. The SMILES string of the molecule is Cl.NCC1(C(=O)NCc2ccc(Cl)s2)CCCC1. The van der Waals surface area contributed by atoms with Gasteiger partial charge in [-0.05, 0) is 25.0 Å². The van der Waals surface area contributed by atoms with Crippen molar-refractivity contribution >= 4 is 41.3 Å². The van der Waals surface area contributed by atoms with Crippen LogP contribution in [-0.4, -0.2) is 12.5 Å². The minimum Gasteiger partial charge on any atom is -0.351 e. The second kappa shape index (κ2) is 6.75. The Kier molecular flexibility index (Phi) is 5.92. The van der Waals surface area contributed by atoms with Crippen LogP contribution < -0.4 is 11.1 Å². The lowest BCUT2D eigenvalue weighted by atomic mass is 9.85. The van der Waals surface area contributed by atoms with E-state index in [1.807, 2.05) is 12.1 Å². The first-order chi connectivity index (χ1) is 8.16. The molecule has 3 N–H and O–H groups in total. The Morgan fingerprint density at radius 3 is 2.61 bits per heavy atom. The highest BCUT2D eigenvalue weighted by atomic mass is 35.5. The first-order valence-corrected chi connectivity index (χ1v) is 7.08. The first kappa shape index (κ1) is 15.8. The Balaban J connectivity index is 0.00000162. The number of nitrogens with one attached hydrogen (secondary N) is 1. The van der Waals surface area contributed by atoms with Gasteiger partial charge in [0.1, 0.15) is 0 Å². The van der Waals surface area contributed by atoms with E-state index in [1.54, 1.807) is 0 Å². The minimum absolute atomic E-state index is 0. The average molecular weight is 309 g/mol. The van der Waals surface area contributed by atoms with E-state index < -0.39 is 0 Å². The van der Waals surface area contributed by atoms with Crippen LogP contribution in [-0.2, 0) is 11.3 Å². The summed E-state index contributed by atoms with van der Waals surface area (Å²) < 4.78 is 0.753. The monoisotopic (exact) mass is 308 g/mol. The van der Waals surface area contributed by atoms with Crippen molar-refractivity contribution in [1.29, 1.82) is 0 Å². The van der Waals surface area contributed by atoms with Crippen LogP contribution in [0.15, 0.2) is 12.1 Å². The maximum atomic E-state index is 12.2. The van der Waals surface area contributed by atoms with Gasteiger partial charge in [-0.3, -0.25) is 4.79 Å². The largest absolute Gasteiger partial charge is 0.351 e. The number of rotatable bonds is 4.